The third-order valence-corrected chi connectivity index (χ3v) is 6.66. The third-order valence-electron chi connectivity index (χ3n) is 5.53. The van der Waals surface area contributed by atoms with E-state index in [9.17, 15) is 13.5 Å². The number of aliphatic hydroxyl groups excluding tert-OH is 1. The summed E-state index contributed by atoms with van der Waals surface area (Å²) >= 11 is 0. The maximum Gasteiger partial charge on any atom is 0.191 e. The highest BCUT2D eigenvalue weighted by molar-refractivity contribution is 14.0. The molecule has 0 spiro atoms. The van der Waals surface area contributed by atoms with Crippen LogP contribution in [0.15, 0.2) is 34.2 Å². The molecule has 0 aliphatic heterocycles. The Bertz CT molecular complexity index is 725. The van der Waals surface area contributed by atoms with Crippen LogP contribution in [0.4, 0.5) is 0 Å². The molecule has 29 heavy (non-hydrogen) atoms. The summed E-state index contributed by atoms with van der Waals surface area (Å²) in [5, 5.41) is 16.1. The van der Waals surface area contributed by atoms with Crippen LogP contribution < -0.4 is 10.6 Å². The molecule has 1 saturated carbocycles. The van der Waals surface area contributed by atoms with Crippen molar-refractivity contribution in [2.24, 2.45) is 10.4 Å². The van der Waals surface area contributed by atoms with Crippen molar-refractivity contribution in [1.82, 2.24) is 10.6 Å². The van der Waals surface area contributed by atoms with E-state index in [4.69, 9.17) is 4.99 Å². The molecule has 1 fully saturated rings. The average Bonchev–Trinajstić information content (AvgIpc) is 2.67. The van der Waals surface area contributed by atoms with Gasteiger partial charge in [-0.2, -0.15) is 0 Å². The van der Waals surface area contributed by atoms with E-state index in [0.717, 1.165) is 56.8 Å². The molecule has 0 bridgehead atoms. The second kappa shape index (κ2) is 12.7. The van der Waals surface area contributed by atoms with Crippen molar-refractivity contribution in [2.45, 2.75) is 56.8 Å². The highest BCUT2D eigenvalue weighted by Gasteiger charge is 2.31. The van der Waals surface area contributed by atoms with Crippen molar-refractivity contribution in [2.75, 3.05) is 32.5 Å². The van der Waals surface area contributed by atoms with Crippen molar-refractivity contribution in [3.63, 3.8) is 0 Å². The monoisotopic (exact) mass is 537 g/mol. The highest BCUT2D eigenvalue weighted by Crippen LogP contribution is 2.39. The minimum Gasteiger partial charge on any atom is -0.396 e. The molecule has 1 aromatic rings. The number of sulfone groups is 1. The van der Waals surface area contributed by atoms with Gasteiger partial charge in [0.05, 0.1) is 4.90 Å². The molecule has 166 valence electrons. The Labute approximate surface area is 192 Å². The van der Waals surface area contributed by atoms with Crippen LogP contribution in [-0.4, -0.2) is 52.0 Å². The maximum absolute atomic E-state index is 11.5. The van der Waals surface area contributed by atoms with Gasteiger partial charge in [0.1, 0.15) is 0 Å². The van der Waals surface area contributed by atoms with Gasteiger partial charge in [-0.15, -0.1) is 24.0 Å². The quantitative estimate of drug-likeness (QED) is 0.256. The zero-order valence-corrected chi connectivity index (χ0v) is 20.8. The van der Waals surface area contributed by atoms with E-state index < -0.39 is 9.84 Å². The number of nitrogens with one attached hydrogen (secondary N) is 2. The predicted octanol–water partition coefficient (Wildman–Crippen LogP) is 3.14. The molecule has 0 unspecified atom stereocenters. The summed E-state index contributed by atoms with van der Waals surface area (Å²) in [4.78, 5) is 5.16. The smallest absolute Gasteiger partial charge is 0.191 e. The topological polar surface area (TPSA) is 90.8 Å². The number of benzene rings is 1. The number of aliphatic imine (C=N–C) groups is 1. The molecule has 0 radical (unpaired) electrons. The van der Waals surface area contributed by atoms with Crippen molar-refractivity contribution in [3.8, 4) is 0 Å². The summed E-state index contributed by atoms with van der Waals surface area (Å²) in [7, 11) is -3.15. The van der Waals surface area contributed by atoms with Crippen LogP contribution in [0.1, 0.15) is 51.0 Å². The van der Waals surface area contributed by atoms with E-state index in [2.05, 4.69) is 10.6 Å². The summed E-state index contributed by atoms with van der Waals surface area (Å²) < 4.78 is 23.1. The molecule has 0 heterocycles. The van der Waals surface area contributed by atoms with E-state index in [1.165, 1.54) is 25.5 Å². The lowest BCUT2D eigenvalue weighted by Gasteiger charge is -2.35. The molecular weight excluding hydrogens is 501 g/mol. The normalized spacial score (nSPS) is 16.7. The lowest BCUT2D eigenvalue weighted by Crippen LogP contribution is -2.40. The van der Waals surface area contributed by atoms with Crippen molar-refractivity contribution in [1.29, 1.82) is 0 Å². The van der Waals surface area contributed by atoms with Crippen LogP contribution in [0.25, 0.3) is 0 Å². The van der Waals surface area contributed by atoms with Gasteiger partial charge >= 0.3 is 0 Å². The number of rotatable bonds is 9. The number of hydrogen-bond donors (Lipinski definition) is 3. The molecule has 0 amide bonds. The van der Waals surface area contributed by atoms with Crippen LogP contribution in [0.5, 0.6) is 0 Å². The number of halogens is 1. The number of nitrogens with zero attached hydrogens (tertiary/aromatic N) is 1. The summed E-state index contributed by atoms with van der Waals surface area (Å²) in [5.41, 5.74) is 1.22. The van der Waals surface area contributed by atoms with Gasteiger partial charge in [-0.3, -0.25) is 4.99 Å². The van der Waals surface area contributed by atoms with Crippen molar-refractivity contribution >= 4 is 39.8 Å². The molecule has 6 nitrogen and oxygen atoms in total. The summed E-state index contributed by atoms with van der Waals surface area (Å²) in [6.45, 7) is 4.53. The third kappa shape index (κ3) is 8.80. The minimum absolute atomic E-state index is 0. The zero-order valence-electron chi connectivity index (χ0n) is 17.6. The SMILES string of the molecule is CCNC(=NCC1(CCO)CCCCC1)NCCc1ccc(S(C)(=O)=O)cc1.I. The average molecular weight is 538 g/mol. The maximum atomic E-state index is 11.5. The van der Waals surface area contributed by atoms with Gasteiger partial charge in [0, 0.05) is 32.5 Å². The van der Waals surface area contributed by atoms with Crippen LogP contribution in [-0.2, 0) is 16.3 Å². The Morgan fingerprint density at radius 2 is 1.79 bits per heavy atom. The number of hydrogen-bond acceptors (Lipinski definition) is 4. The molecule has 2 rings (SSSR count). The van der Waals surface area contributed by atoms with E-state index >= 15 is 0 Å². The molecule has 0 aromatic heterocycles. The van der Waals surface area contributed by atoms with Gasteiger partial charge in [-0.25, -0.2) is 8.42 Å². The highest BCUT2D eigenvalue weighted by atomic mass is 127. The molecule has 3 N–H and O–H groups in total. The largest absolute Gasteiger partial charge is 0.396 e. The van der Waals surface area contributed by atoms with Crippen LogP contribution in [0.2, 0.25) is 0 Å². The second-order valence-corrected chi connectivity index (χ2v) is 9.84. The Kier molecular flexibility index (Phi) is 11.5. The van der Waals surface area contributed by atoms with Crippen LogP contribution >= 0.6 is 24.0 Å². The fraction of sp³-hybridized carbons (Fsp3) is 0.667. The van der Waals surface area contributed by atoms with E-state index in [-0.39, 0.29) is 36.0 Å². The molecule has 8 heteroatoms. The van der Waals surface area contributed by atoms with Crippen molar-refractivity contribution < 1.29 is 13.5 Å². The van der Waals surface area contributed by atoms with Crippen molar-refractivity contribution in [3.05, 3.63) is 29.8 Å². The van der Waals surface area contributed by atoms with Gasteiger partial charge in [0.25, 0.3) is 0 Å². The van der Waals surface area contributed by atoms with Gasteiger partial charge in [0.2, 0.25) is 0 Å². The van der Waals surface area contributed by atoms with E-state index in [1.807, 2.05) is 19.1 Å². The Balaban J connectivity index is 0.00000420. The first kappa shape index (κ1) is 26.2. The number of guanidine groups is 1. The van der Waals surface area contributed by atoms with Gasteiger partial charge < -0.3 is 15.7 Å². The fourth-order valence-corrected chi connectivity index (χ4v) is 4.47. The van der Waals surface area contributed by atoms with Crippen LogP contribution in [0, 0.1) is 5.41 Å². The molecule has 0 saturated heterocycles. The summed E-state index contributed by atoms with van der Waals surface area (Å²) in [5.74, 6) is 0.804. The fourth-order valence-electron chi connectivity index (χ4n) is 3.84. The van der Waals surface area contributed by atoms with Gasteiger partial charge in [0.15, 0.2) is 15.8 Å². The van der Waals surface area contributed by atoms with E-state index in [0.29, 0.717) is 4.90 Å². The number of aliphatic hydroxyl groups is 1. The lowest BCUT2D eigenvalue weighted by atomic mass is 9.72. The Morgan fingerprint density at radius 3 is 2.34 bits per heavy atom. The van der Waals surface area contributed by atoms with E-state index in [1.54, 1.807) is 12.1 Å². The standard InChI is InChI=1S/C21H35N3O3S.HI/c1-3-22-20(24-17-21(14-16-25)12-5-4-6-13-21)23-15-11-18-7-9-19(10-8-18)28(2,26)27;/h7-10,25H,3-6,11-17H2,1-2H3,(H2,22,23,24);1H. The second-order valence-electron chi connectivity index (χ2n) is 7.82. The summed E-state index contributed by atoms with van der Waals surface area (Å²) in [6.07, 6.45) is 8.85. The molecule has 1 aliphatic carbocycles. The Hall–Kier alpha value is -0.870. The Morgan fingerprint density at radius 1 is 1.14 bits per heavy atom. The van der Waals surface area contributed by atoms with Gasteiger partial charge in [-0.1, -0.05) is 31.4 Å². The predicted molar refractivity (Wildman–Crippen MR) is 130 cm³/mol. The molecule has 0 atom stereocenters. The first-order valence-corrected chi connectivity index (χ1v) is 12.2. The van der Waals surface area contributed by atoms with Gasteiger partial charge in [-0.05, 0) is 55.7 Å². The van der Waals surface area contributed by atoms with Crippen LogP contribution in [0.3, 0.4) is 0 Å². The minimum atomic E-state index is -3.15. The lowest BCUT2D eigenvalue weighted by molar-refractivity contribution is 0.137. The first-order valence-electron chi connectivity index (χ1n) is 10.3. The summed E-state index contributed by atoms with van der Waals surface area (Å²) in [6, 6.07) is 7.04. The zero-order chi connectivity index (χ0) is 20.5. The first-order chi connectivity index (χ1) is 13.4. The molecular formula is C21H36IN3O3S. The molecule has 1 aromatic carbocycles. The molecule has 1 aliphatic rings.